The fourth-order valence-corrected chi connectivity index (χ4v) is 3.67. The monoisotopic (exact) mass is 370 g/mol. The second-order valence-electron chi connectivity index (χ2n) is 7.15. The van der Waals surface area contributed by atoms with Crippen molar-refractivity contribution in [3.8, 4) is 0 Å². The smallest absolute Gasteiger partial charge is 0.247 e. The molecule has 1 aromatic carbocycles. The van der Waals surface area contributed by atoms with Gasteiger partial charge in [-0.3, -0.25) is 4.79 Å². The van der Waals surface area contributed by atoms with E-state index in [0.717, 1.165) is 22.9 Å². The molecule has 2 aromatic rings. The van der Waals surface area contributed by atoms with Gasteiger partial charge in [-0.1, -0.05) is 35.9 Å². The topological polar surface area (TPSA) is 36.1 Å². The first-order valence-electron chi connectivity index (χ1n) is 9.51. The van der Waals surface area contributed by atoms with E-state index < -0.39 is 0 Å². The molecule has 0 spiro atoms. The lowest BCUT2D eigenvalue weighted by Crippen LogP contribution is -2.34. The van der Waals surface area contributed by atoms with Crippen molar-refractivity contribution in [2.75, 3.05) is 19.6 Å². The van der Waals surface area contributed by atoms with Gasteiger partial charge in [0, 0.05) is 17.3 Å². The maximum absolute atomic E-state index is 11.0. The average molecular weight is 371 g/mol. The zero-order valence-corrected chi connectivity index (χ0v) is 15.9. The van der Waals surface area contributed by atoms with Crippen LogP contribution in [-0.4, -0.2) is 29.5 Å². The molecule has 1 saturated heterocycles. The van der Waals surface area contributed by atoms with Crippen LogP contribution in [0.2, 0.25) is 5.02 Å². The molecular weight excluding hydrogens is 344 g/mol. The Morgan fingerprint density at radius 2 is 1.88 bits per heavy atom. The molecule has 3 nitrogen and oxygen atoms in total. The minimum Gasteiger partial charge on any atom is -0.329 e. The number of rotatable bonds is 7. The van der Waals surface area contributed by atoms with Gasteiger partial charge in [0.2, 0.25) is 5.56 Å². The maximum Gasteiger partial charge on any atom is 0.247 e. The van der Waals surface area contributed by atoms with Crippen molar-refractivity contribution in [3.63, 3.8) is 0 Å². The fraction of sp³-hybridized carbons (Fsp3) is 0.409. The number of piperidine rings is 1. The number of likely N-dealkylation sites (tertiary alicyclic amines) is 1. The van der Waals surface area contributed by atoms with E-state index >= 15 is 0 Å². The zero-order chi connectivity index (χ0) is 18.2. The molecular formula is C22H27ClN2O. The lowest BCUT2D eigenvalue weighted by Gasteiger charge is -2.32. The van der Waals surface area contributed by atoms with Crippen molar-refractivity contribution < 1.29 is 0 Å². The quantitative estimate of drug-likeness (QED) is 0.712. The van der Waals surface area contributed by atoms with Crippen molar-refractivity contribution in [1.29, 1.82) is 0 Å². The van der Waals surface area contributed by atoms with Crippen LogP contribution in [-0.2, 0) is 6.42 Å². The lowest BCUT2D eigenvalue weighted by atomic mass is 9.90. The minimum absolute atomic E-state index is 0.0541. The van der Waals surface area contributed by atoms with E-state index in [9.17, 15) is 4.79 Å². The zero-order valence-electron chi connectivity index (χ0n) is 15.2. The molecule has 0 unspecified atom stereocenters. The fourth-order valence-electron chi connectivity index (χ4n) is 3.55. The molecule has 1 fully saturated rings. The van der Waals surface area contributed by atoms with E-state index in [-0.39, 0.29) is 5.56 Å². The summed E-state index contributed by atoms with van der Waals surface area (Å²) in [6.45, 7) is 3.59. The van der Waals surface area contributed by atoms with Crippen LogP contribution in [0.5, 0.6) is 0 Å². The summed E-state index contributed by atoms with van der Waals surface area (Å²) in [5.74, 6) is 0.799. The number of hydrogen-bond acceptors (Lipinski definition) is 2. The van der Waals surface area contributed by atoms with Crippen LogP contribution >= 0.6 is 11.6 Å². The Morgan fingerprint density at radius 3 is 2.58 bits per heavy atom. The first-order chi connectivity index (χ1) is 12.7. The number of benzene rings is 1. The van der Waals surface area contributed by atoms with Gasteiger partial charge in [-0.25, -0.2) is 0 Å². The molecule has 0 saturated carbocycles. The number of aromatic amines is 1. The van der Waals surface area contributed by atoms with Crippen LogP contribution in [0, 0.1) is 5.92 Å². The van der Waals surface area contributed by atoms with Crippen LogP contribution in [0.4, 0.5) is 0 Å². The summed E-state index contributed by atoms with van der Waals surface area (Å²) in [5.41, 5.74) is 2.40. The van der Waals surface area contributed by atoms with Gasteiger partial charge in [0.15, 0.2) is 0 Å². The highest BCUT2D eigenvalue weighted by Crippen LogP contribution is 2.22. The molecule has 0 bridgehead atoms. The Kier molecular flexibility index (Phi) is 7.10. The first-order valence-corrected chi connectivity index (χ1v) is 9.89. The Bertz CT molecular complexity index is 738. The number of pyridine rings is 1. The SMILES string of the molecule is O=c1ccc(/C=C/CCCN2CCC(Cc3ccc(Cl)cc3)CC2)c[nH]1. The van der Waals surface area contributed by atoms with E-state index in [2.05, 4.69) is 34.2 Å². The molecule has 4 heteroatoms. The average Bonchev–Trinajstić information content (AvgIpc) is 2.66. The maximum atomic E-state index is 11.0. The lowest BCUT2D eigenvalue weighted by molar-refractivity contribution is 0.183. The summed E-state index contributed by atoms with van der Waals surface area (Å²) in [7, 11) is 0. The van der Waals surface area contributed by atoms with Gasteiger partial charge < -0.3 is 9.88 Å². The molecule has 3 rings (SSSR count). The number of nitrogens with zero attached hydrogens (tertiary/aromatic N) is 1. The van der Waals surface area contributed by atoms with E-state index in [1.54, 1.807) is 12.3 Å². The Hall–Kier alpha value is -1.84. The van der Waals surface area contributed by atoms with Crippen molar-refractivity contribution in [2.24, 2.45) is 5.92 Å². The molecule has 26 heavy (non-hydrogen) atoms. The third-order valence-electron chi connectivity index (χ3n) is 5.11. The first kappa shape index (κ1) is 18.9. The molecule has 1 aromatic heterocycles. The highest BCUT2D eigenvalue weighted by Gasteiger charge is 2.18. The van der Waals surface area contributed by atoms with Crippen LogP contribution in [0.15, 0.2) is 53.5 Å². The number of aromatic nitrogens is 1. The third kappa shape index (κ3) is 6.15. The van der Waals surface area contributed by atoms with E-state index in [0.29, 0.717) is 0 Å². The van der Waals surface area contributed by atoms with Crippen molar-refractivity contribution in [1.82, 2.24) is 9.88 Å². The Labute approximate surface area is 160 Å². The molecule has 0 atom stereocenters. The summed E-state index contributed by atoms with van der Waals surface area (Å²) in [4.78, 5) is 16.3. The van der Waals surface area contributed by atoms with Crippen LogP contribution in [0.3, 0.4) is 0 Å². The second kappa shape index (κ2) is 9.75. The number of hydrogen-bond donors (Lipinski definition) is 1. The van der Waals surface area contributed by atoms with Crippen LogP contribution in [0.1, 0.15) is 36.8 Å². The molecule has 2 heterocycles. The normalized spacial score (nSPS) is 16.3. The highest BCUT2D eigenvalue weighted by molar-refractivity contribution is 6.30. The number of H-pyrrole nitrogens is 1. The summed E-state index contributed by atoms with van der Waals surface area (Å²) < 4.78 is 0. The number of nitrogens with one attached hydrogen (secondary N) is 1. The van der Waals surface area contributed by atoms with Gasteiger partial charge >= 0.3 is 0 Å². The highest BCUT2D eigenvalue weighted by atomic mass is 35.5. The summed E-state index contributed by atoms with van der Waals surface area (Å²) in [6.07, 6.45) is 12.0. The predicted molar refractivity (Wildman–Crippen MR) is 110 cm³/mol. The summed E-state index contributed by atoms with van der Waals surface area (Å²) in [5, 5.41) is 0.818. The number of unbranched alkanes of at least 4 members (excludes halogenated alkanes) is 1. The number of allylic oxidation sites excluding steroid dienone is 1. The number of halogens is 1. The van der Waals surface area contributed by atoms with Crippen LogP contribution in [0.25, 0.3) is 6.08 Å². The summed E-state index contributed by atoms with van der Waals surface area (Å²) >= 11 is 5.96. The van der Waals surface area contributed by atoms with Gasteiger partial charge in [-0.15, -0.1) is 0 Å². The largest absolute Gasteiger partial charge is 0.329 e. The molecule has 1 aliphatic rings. The molecule has 0 aliphatic carbocycles. The van der Waals surface area contributed by atoms with Gasteiger partial charge in [0.05, 0.1) is 0 Å². The second-order valence-corrected chi connectivity index (χ2v) is 7.58. The third-order valence-corrected chi connectivity index (χ3v) is 5.36. The molecule has 1 aliphatic heterocycles. The van der Waals surface area contributed by atoms with Crippen LogP contribution < -0.4 is 5.56 Å². The molecule has 138 valence electrons. The molecule has 1 N–H and O–H groups in total. The molecule has 0 radical (unpaired) electrons. The van der Waals surface area contributed by atoms with E-state index in [4.69, 9.17) is 11.6 Å². The minimum atomic E-state index is -0.0541. The Morgan fingerprint density at radius 1 is 1.12 bits per heavy atom. The van der Waals surface area contributed by atoms with E-state index in [1.165, 1.54) is 50.9 Å². The van der Waals surface area contributed by atoms with Crippen molar-refractivity contribution in [3.05, 3.63) is 75.2 Å². The standard InChI is InChI=1S/C22H27ClN2O/c23-21-8-5-18(6-9-21)16-19-11-14-25(15-12-19)13-3-1-2-4-20-7-10-22(26)24-17-20/h2,4-10,17,19H,1,3,11-16H2,(H,24,26)/b4-2+. The van der Waals surface area contributed by atoms with E-state index in [1.807, 2.05) is 18.2 Å². The van der Waals surface area contributed by atoms with Crippen molar-refractivity contribution in [2.45, 2.75) is 32.1 Å². The van der Waals surface area contributed by atoms with Gasteiger partial charge in [0.1, 0.15) is 0 Å². The Balaban J connectivity index is 1.32. The summed E-state index contributed by atoms with van der Waals surface area (Å²) in [6, 6.07) is 11.7. The molecule has 0 amide bonds. The van der Waals surface area contributed by atoms with Gasteiger partial charge in [-0.2, -0.15) is 0 Å². The predicted octanol–water partition coefficient (Wildman–Crippen LogP) is 4.78. The van der Waals surface area contributed by atoms with Gasteiger partial charge in [-0.05, 0) is 87.0 Å². The van der Waals surface area contributed by atoms with Gasteiger partial charge in [0.25, 0.3) is 0 Å². The van der Waals surface area contributed by atoms with Crippen molar-refractivity contribution >= 4 is 17.7 Å².